The van der Waals surface area contributed by atoms with Crippen molar-refractivity contribution >= 4 is 27.7 Å². The topological polar surface area (TPSA) is 76.7 Å². The van der Waals surface area contributed by atoms with Crippen molar-refractivity contribution in [2.45, 2.75) is 19.8 Å². The quantitative estimate of drug-likeness (QED) is 0.297. The van der Waals surface area contributed by atoms with E-state index in [-0.39, 0.29) is 17.4 Å². The molecule has 0 saturated carbocycles. The normalized spacial score (nSPS) is 12.0. The van der Waals surface area contributed by atoms with Crippen LogP contribution in [0, 0.1) is 0 Å². The number of hydrogen-bond donors (Lipinski definition) is 2. The van der Waals surface area contributed by atoms with Crippen LogP contribution in [0.4, 0.5) is 0 Å². The third kappa shape index (κ3) is 9.64. The van der Waals surface area contributed by atoms with Gasteiger partial charge in [-0.05, 0) is 25.8 Å². The predicted molar refractivity (Wildman–Crippen MR) is 98.9 cm³/mol. The summed E-state index contributed by atoms with van der Waals surface area (Å²) in [4.78, 5) is 24.3. The summed E-state index contributed by atoms with van der Waals surface area (Å²) in [7, 11) is 3.22. The van der Waals surface area contributed by atoms with Gasteiger partial charge in [0.25, 0.3) is 11.8 Å². The van der Waals surface area contributed by atoms with Crippen LogP contribution in [0.3, 0.4) is 0 Å². The number of carbonyl (C=O) groups excluding carboxylic acids is 2. The number of amides is 2. The largest absolute Gasteiger partial charge is 0.385 e. The molecule has 6 nitrogen and oxygen atoms in total. The van der Waals surface area contributed by atoms with Crippen molar-refractivity contribution in [2.24, 2.45) is 0 Å². The first-order valence-electron chi connectivity index (χ1n) is 7.75. The lowest BCUT2D eigenvalue weighted by Crippen LogP contribution is -2.28. The first kappa shape index (κ1) is 22.6. The molecule has 0 aliphatic rings. The molecule has 0 radical (unpaired) electrons. The van der Waals surface area contributed by atoms with Gasteiger partial charge in [0.05, 0.1) is 5.57 Å². The smallest absolute Gasteiger partial charge is 0.252 e. The van der Waals surface area contributed by atoms with Crippen LogP contribution in [0.1, 0.15) is 19.8 Å². The van der Waals surface area contributed by atoms with Crippen LogP contribution < -0.4 is 10.6 Å². The monoisotopic (exact) mass is 402 g/mol. The Morgan fingerprint density at radius 1 is 1.04 bits per heavy atom. The number of methoxy groups -OCH3 is 2. The Morgan fingerprint density at radius 3 is 2.00 bits per heavy atom. The molecular weight excluding hydrogens is 376 g/mol. The fourth-order valence-corrected chi connectivity index (χ4v) is 1.98. The molecule has 0 spiro atoms. The molecule has 7 heteroatoms. The number of ether oxygens (including phenoxy) is 2. The zero-order valence-corrected chi connectivity index (χ0v) is 16.2. The number of halogens is 1. The molecule has 0 aromatic heterocycles. The fraction of sp³-hybridized carbons (Fsp3) is 0.529. The standard InChI is InChI=1S/C17H27BrN2O4/c1-5-15(18)14(17(22)20-9-7-11-24-4)12-13(2)16(21)19-8-6-10-23-3/h5,12H,2,6-11H2,1,3-4H3,(H,19,21)(H,20,22)/b14-12+,15-5+. The average Bonchev–Trinajstić information content (AvgIpc) is 2.58. The second kappa shape index (κ2) is 13.9. The molecule has 0 fully saturated rings. The van der Waals surface area contributed by atoms with Crippen LogP contribution in [0.25, 0.3) is 0 Å². The maximum Gasteiger partial charge on any atom is 0.252 e. The molecule has 0 saturated heterocycles. The minimum absolute atomic E-state index is 0.216. The van der Waals surface area contributed by atoms with Crippen LogP contribution in [0.15, 0.2) is 34.4 Å². The van der Waals surface area contributed by atoms with Gasteiger partial charge in [0.1, 0.15) is 0 Å². The lowest BCUT2D eigenvalue weighted by molar-refractivity contribution is -0.117. The van der Waals surface area contributed by atoms with Gasteiger partial charge in [-0.15, -0.1) is 0 Å². The number of carbonyl (C=O) groups is 2. The minimum Gasteiger partial charge on any atom is -0.385 e. The van der Waals surface area contributed by atoms with Gasteiger partial charge in [0.15, 0.2) is 0 Å². The third-order valence-electron chi connectivity index (χ3n) is 2.99. The van der Waals surface area contributed by atoms with Crippen molar-refractivity contribution in [1.29, 1.82) is 0 Å². The highest BCUT2D eigenvalue weighted by Crippen LogP contribution is 2.19. The Bertz CT molecular complexity index is 487. The van der Waals surface area contributed by atoms with Crippen LogP contribution in [0.5, 0.6) is 0 Å². The molecule has 0 aliphatic heterocycles. The zero-order valence-electron chi connectivity index (χ0n) is 14.6. The second-order valence-electron chi connectivity index (χ2n) is 4.92. The summed E-state index contributed by atoms with van der Waals surface area (Å²) in [5.41, 5.74) is 0.570. The van der Waals surface area contributed by atoms with E-state index in [0.717, 1.165) is 0 Å². The Labute approximate surface area is 152 Å². The van der Waals surface area contributed by atoms with E-state index in [1.165, 1.54) is 6.08 Å². The van der Waals surface area contributed by atoms with E-state index >= 15 is 0 Å². The van der Waals surface area contributed by atoms with Crippen molar-refractivity contribution < 1.29 is 19.1 Å². The molecule has 0 atom stereocenters. The van der Waals surface area contributed by atoms with E-state index < -0.39 is 0 Å². The molecule has 0 rings (SSSR count). The van der Waals surface area contributed by atoms with E-state index in [2.05, 4.69) is 33.1 Å². The maximum atomic E-state index is 12.3. The lowest BCUT2D eigenvalue weighted by atomic mass is 10.1. The van der Waals surface area contributed by atoms with Crippen LogP contribution in [0.2, 0.25) is 0 Å². The molecule has 0 aliphatic carbocycles. The first-order chi connectivity index (χ1) is 11.5. The molecule has 0 aromatic carbocycles. The molecule has 0 bridgehead atoms. The molecule has 136 valence electrons. The van der Waals surface area contributed by atoms with E-state index in [1.54, 1.807) is 27.2 Å². The van der Waals surface area contributed by atoms with Crippen LogP contribution >= 0.6 is 15.9 Å². The van der Waals surface area contributed by atoms with Gasteiger partial charge in [-0.3, -0.25) is 9.59 Å². The van der Waals surface area contributed by atoms with Crippen molar-refractivity contribution in [2.75, 3.05) is 40.5 Å². The highest BCUT2D eigenvalue weighted by Gasteiger charge is 2.14. The van der Waals surface area contributed by atoms with Gasteiger partial charge in [-0.2, -0.15) is 0 Å². The summed E-state index contributed by atoms with van der Waals surface area (Å²) in [5.74, 6) is -0.586. The highest BCUT2D eigenvalue weighted by atomic mass is 79.9. The van der Waals surface area contributed by atoms with Crippen molar-refractivity contribution in [1.82, 2.24) is 10.6 Å². The molecule has 0 heterocycles. The van der Waals surface area contributed by atoms with Crippen molar-refractivity contribution in [3.05, 3.63) is 34.4 Å². The second-order valence-corrected chi connectivity index (χ2v) is 5.78. The third-order valence-corrected chi connectivity index (χ3v) is 3.87. The average molecular weight is 403 g/mol. The number of allylic oxidation sites excluding steroid dienone is 1. The molecule has 2 N–H and O–H groups in total. The van der Waals surface area contributed by atoms with Crippen molar-refractivity contribution in [3.63, 3.8) is 0 Å². The Morgan fingerprint density at radius 2 is 1.54 bits per heavy atom. The molecule has 0 unspecified atom stereocenters. The molecular formula is C17H27BrN2O4. The summed E-state index contributed by atoms with van der Waals surface area (Å²) in [6, 6.07) is 0. The molecule has 0 aromatic rings. The Balaban J connectivity index is 4.78. The van der Waals surface area contributed by atoms with Gasteiger partial charge in [0.2, 0.25) is 0 Å². The Kier molecular flexibility index (Phi) is 13.1. The maximum absolute atomic E-state index is 12.3. The summed E-state index contributed by atoms with van der Waals surface area (Å²) >= 11 is 3.34. The van der Waals surface area contributed by atoms with Gasteiger partial charge in [0, 0.05) is 50.6 Å². The SMILES string of the molecule is C=C(/C=C(C(=O)NCCCOC)\C(Br)=C/C)C(=O)NCCCOC. The van der Waals surface area contributed by atoms with Gasteiger partial charge >= 0.3 is 0 Å². The van der Waals surface area contributed by atoms with Gasteiger partial charge in [-0.25, -0.2) is 0 Å². The van der Waals surface area contributed by atoms with Crippen LogP contribution in [-0.4, -0.2) is 52.3 Å². The number of rotatable bonds is 12. The fourth-order valence-electron chi connectivity index (χ4n) is 1.68. The predicted octanol–water partition coefficient (Wildman–Crippen LogP) is 2.07. The van der Waals surface area contributed by atoms with E-state index in [0.29, 0.717) is 49.2 Å². The summed E-state index contributed by atoms with van der Waals surface area (Å²) in [5, 5.41) is 5.52. The van der Waals surface area contributed by atoms with Gasteiger partial charge in [-0.1, -0.05) is 28.6 Å². The van der Waals surface area contributed by atoms with E-state index in [9.17, 15) is 9.59 Å². The van der Waals surface area contributed by atoms with E-state index in [4.69, 9.17) is 9.47 Å². The molecule has 24 heavy (non-hydrogen) atoms. The summed E-state index contributed by atoms with van der Waals surface area (Å²) in [6.45, 7) is 7.65. The number of hydrogen-bond acceptors (Lipinski definition) is 4. The minimum atomic E-state index is -0.313. The van der Waals surface area contributed by atoms with E-state index in [1.807, 2.05) is 0 Å². The summed E-state index contributed by atoms with van der Waals surface area (Å²) in [6.07, 6.45) is 4.64. The number of nitrogens with one attached hydrogen (secondary N) is 2. The zero-order chi connectivity index (χ0) is 18.4. The van der Waals surface area contributed by atoms with Crippen LogP contribution in [-0.2, 0) is 19.1 Å². The van der Waals surface area contributed by atoms with Crippen molar-refractivity contribution in [3.8, 4) is 0 Å². The Hall–Kier alpha value is -1.44. The lowest BCUT2D eigenvalue weighted by Gasteiger charge is -2.10. The summed E-state index contributed by atoms with van der Waals surface area (Å²) < 4.78 is 10.5. The highest BCUT2D eigenvalue weighted by molar-refractivity contribution is 9.12. The molecule has 2 amide bonds. The van der Waals surface area contributed by atoms with Gasteiger partial charge < -0.3 is 20.1 Å². The first-order valence-corrected chi connectivity index (χ1v) is 8.54.